The summed E-state index contributed by atoms with van der Waals surface area (Å²) in [7, 11) is 0. The van der Waals surface area contributed by atoms with E-state index >= 15 is 0 Å². The third-order valence-corrected chi connectivity index (χ3v) is 2.78. The van der Waals surface area contributed by atoms with Gasteiger partial charge in [0.2, 0.25) is 5.91 Å². The lowest BCUT2D eigenvalue weighted by Crippen LogP contribution is -2.44. The Morgan fingerprint density at radius 3 is 3.00 bits per heavy atom. The molecule has 1 amide bonds. The lowest BCUT2D eigenvalue weighted by Gasteiger charge is -2.26. The van der Waals surface area contributed by atoms with Gasteiger partial charge in [0.05, 0.1) is 25.5 Å². The van der Waals surface area contributed by atoms with Gasteiger partial charge in [-0.05, 0) is 13.0 Å². The number of carbonyl (C=O) groups excluding carboxylic acids is 1. The molecule has 6 nitrogen and oxygen atoms in total. The zero-order valence-electron chi connectivity index (χ0n) is 10.6. The van der Waals surface area contributed by atoms with Crippen LogP contribution in [0.5, 0.6) is 0 Å². The number of hydrogen-bond acceptors (Lipinski definition) is 5. The highest BCUT2D eigenvalue weighted by molar-refractivity contribution is 5.78. The number of amides is 1. The number of hydrogen-bond donors (Lipinski definition) is 1. The van der Waals surface area contributed by atoms with Crippen LogP contribution >= 0.6 is 0 Å². The van der Waals surface area contributed by atoms with E-state index in [0.717, 1.165) is 11.5 Å². The second kappa shape index (κ2) is 6.42. The van der Waals surface area contributed by atoms with Gasteiger partial charge in [-0.1, -0.05) is 0 Å². The molecule has 0 radical (unpaired) electrons. The number of carbonyl (C=O) groups is 1. The van der Waals surface area contributed by atoms with Gasteiger partial charge in [-0.3, -0.25) is 4.79 Å². The van der Waals surface area contributed by atoms with Crippen molar-refractivity contribution in [2.75, 3.05) is 32.8 Å². The Hall–Kier alpha value is -1.53. The van der Waals surface area contributed by atoms with Crippen LogP contribution in [-0.2, 0) is 16.1 Å². The number of aromatic nitrogens is 2. The van der Waals surface area contributed by atoms with Crippen molar-refractivity contribution in [1.29, 1.82) is 0 Å². The number of aryl methyl sites for hydroxylation is 1. The van der Waals surface area contributed by atoms with Crippen LogP contribution in [0.4, 0.5) is 0 Å². The molecule has 0 spiro atoms. The predicted molar refractivity (Wildman–Crippen MR) is 65.9 cm³/mol. The van der Waals surface area contributed by atoms with Crippen molar-refractivity contribution in [3.8, 4) is 0 Å². The van der Waals surface area contributed by atoms with Crippen molar-refractivity contribution in [2.24, 2.45) is 0 Å². The van der Waals surface area contributed by atoms with Crippen LogP contribution in [0.2, 0.25) is 0 Å². The third kappa shape index (κ3) is 3.75. The Kier molecular flexibility index (Phi) is 4.60. The highest BCUT2D eigenvalue weighted by atomic mass is 16.5. The molecule has 1 aromatic heterocycles. The van der Waals surface area contributed by atoms with Gasteiger partial charge in [0.25, 0.3) is 0 Å². The van der Waals surface area contributed by atoms with Gasteiger partial charge >= 0.3 is 0 Å². The SMILES string of the molecule is Cc1nccc(CNCC(=O)N2CCOCC2)n1. The zero-order chi connectivity index (χ0) is 12.8. The molecule has 98 valence electrons. The van der Waals surface area contributed by atoms with E-state index < -0.39 is 0 Å². The van der Waals surface area contributed by atoms with Crippen LogP contribution in [0, 0.1) is 6.92 Å². The Labute approximate surface area is 106 Å². The van der Waals surface area contributed by atoms with Crippen molar-refractivity contribution in [3.63, 3.8) is 0 Å². The first kappa shape index (κ1) is 12.9. The van der Waals surface area contributed by atoms with E-state index in [4.69, 9.17) is 4.74 Å². The molecule has 1 aliphatic heterocycles. The number of nitrogens with zero attached hydrogens (tertiary/aromatic N) is 3. The fourth-order valence-corrected chi connectivity index (χ4v) is 1.83. The predicted octanol–water partition coefficient (Wildman–Crippen LogP) is -0.267. The largest absolute Gasteiger partial charge is 0.378 e. The lowest BCUT2D eigenvalue weighted by atomic mass is 10.3. The smallest absolute Gasteiger partial charge is 0.236 e. The molecule has 0 unspecified atom stereocenters. The van der Waals surface area contributed by atoms with Gasteiger partial charge in [-0.25, -0.2) is 9.97 Å². The highest BCUT2D eigenvalue weighted by Gasteiger charge is 2.15. The summed E-state index contributed by atoms with van der Waals surface area (Å²) < 4.78 is 5.21. The molecular weight excluding hydrogens is 232 g/mol. The van der Waals surface area contributed by atoms with Crippen LogP contribution in [-0.4, -0.2) is 53.6 Å². The van der Waals surface area contributed by atoms with E-state index in [9.17, 15) is 4.79 Å². The van der Waals surface area contributed by atoms with Crippen molar-refractivity contribution in [3.05, 3.63) is 23.8 Å². The van der Waals surface area contributed by atoms with Crippen molar-refractivity contribution >= 4 is 5.91 Å². The number of morpholine rings is 1. The van der Waals surface area contributed by atoms with Crippen LogP contribution in [0.3, 0.4) is 0 Å². The fourth-order valence-electron chi connectivity index (χ4n) is 1.83. The van der Waals surface area contributed by atoms with Crippen LogP contribution in [0.1, 0.15) is 11.5 Å². The highest BCUT2D eigenvalue weighted by Crippen LogP contribution is 1.97. The van der Waals surface area contributed by atoms with E-state index in [1.807, 2.05) is 17.9 Å². The van der Waals surface area contributed by atoms with E-state index in [0.29, 0.717) is 39.4 Å². The number of rotatable bonds is 4. The maximum Gasteiger partial charge on any atom is 0.236 e. The minimum Gasteiger partial charge on any atom is -0.378 e. The van der Waals surface area contributed by atoms with Gasteiger partial charge in [0.1, 0.15) is 5.82 Å². The standard InChI is InChI=1S/C12H18N4O2/c1-10-14-3-2-11(15-10)8-13-9-12(17)16-4-6-18-7-5-16/h2-3,13H,4-9H2,1H3. The molecule has 2 heterocycles. The first-order valence-corrected chi connectivity index (χ1v) is 6.10. The van der Waals surface area contributed by atoms with Gasteiger partial charge in [0.15, 0.2) is 0 Å². The summed E-state index contributed by atoms with van der Waals surface area (Å²) in [6.07, 6.45) is 1.73. The average molecular weight is 250 g/mol. The minimum absolute atomic E-state index is 0.115. The Morgan fingerprint density at radius 1 is 1.50 bits per heavy atom. The Bertz CT molecular complexity index is 405. The molecule has 0 saturated carbocycles. The molecular formula is C12H18N4O2. The van der Waals surface area contributed by atoms with E-state index in [1.54, 1.807) is 6.20 Å². The molecule has 0 bridgehead atoms. The lowest BCUT2D eigenvalue weighted by molar-refractivity contribution is -0.134. The molecule has 1 saturated heterocycles. The van der Waals surface area contributed by atoms with Crippen molar-refractivity contribution < 1.29 is 9.53 Å². The summed E-state index contributed by atoms with van der Waals surface area (Å²) in [5, 5.41) is 3.10. The maximum atomic E-state index is 11.8. The molecule has 1 N–H and O–H groups in total. The number of nitrogens with one attached hydrogen (secondary N) is 1. The molecule has 6 heteroatoms. The molecule has 0 atom stereocenters. The van der Waals surface area contributed by atoms with E-state index in [-0.39, 0.29) is 5.91 Å². The van der Waals surface area contributed by atoms with Gasteiger partial charge in [-0.15, -0.1) is 0 Å². The summed E-state index contributed by atoms with van der Waals surface area (Å²) >= 11 is 0. The Morgan fingerprint density at radius 2 is 2.28 bits per heavy atom. The fraction of sp³-hybridized carbons (Fsp3) is 0.583. The molecule has 0 aliphatic carbocycles. The van der Waals surface area contributed by atoms with E-state index in [2.05, 4.69) is 15.3 Å². The molecule has 1 aromatic rings. The average Bonchev–Trinajstić information content (AvgIpc) is 2.40. The third-order valence-electron chi connectivity index (χ3n) is 2.78. The van der Waals surface area contributed by atoms with Gasteiger partial charge in [0, 0.05) is 25.8 Å². The summed E-state index contributed by atoms with van der Waals surface area (Å²) in [6, 6.07) is 1.85. The molecule has 2 rings (SSSR count). The van der Waals surface area contributed by atoms with Gasteiger partial charge in [-0.2, -0.15) is 0 Å². The summed E-state index contributed by atoms with van der Waals surface area (Å²) in [5.74, 6) is 0.859. The monoisotopic (exact) mass is 250 g/mol. The van der Waals surface area contributed by atoms with Crippen LogP contribution in [0.15, 0.2) is 12.3 Å². The van der Waals surface area contributed by atoms with E-state index in [1.165, 1.54) is 0 Å². The van der Waals surface area contributed by atoms with Crippen LogP contribution < -0.4 is 5.32 Å². The molecule has 18 heavy (non-hydrogen) atoms. The van der Waals surface area contributed by atoms with Crippen LogP contribution in [0.25, 0.3) is 0 Å². The molecule has 1 aliphatic rings. The summed E-state index contributed by atoms with van der Waals surface area (Å²) in [4.78, 5) is 21.9. The second-order valence-corrected chi connectivity index (χ2v) is 4.19. The first-order valence-electron chi connectivity index (χ1n) is 6.10. The summed E-state index contributed by atoms with van der Waals surface area (Å²) in [6.45, 7) is 5.42. The first-order chi connectivity index (χ1) is 8.75. The normalized spacial score (nSPS) is 15.7. The molecule has 1 fully saturated rings. The number of ether oxygens (including phenoxy) is 1. The van der Waals surface area contributed by atoms with Crippen molar-refractivity contribution in [1.82, 2.24) is 20.2 Å². The quantitative estimate of drug-likeness (QED) is 0.797. The minimum atomic E-state index is 0.115. The summed E-state index contributed by atoms with van der Waals surface area (Å²) in [5.41, 5.74) is 0.900. The second-order valence-electron chi connectivity index (χ2n) is 4.19. The van der Waals surface area contributed by atoms with Crippen molar-refractivity contribution in [2.45, 2.75) is 13.5 Å². The Balaban J connectivity index is 1.73. The maximum absolute atomic E-state index is 11.8. The molecule has 0 aromatic carbocycles. The van der Waals surface area contributed by atoms with Gasteiger partial charge < -0.3 is 15.0 Å². The zero-order valence-corrected chi connectivity index (χ0v) is 10.6. The topological polar surface area (TPSA) is 67.4 Å².